The van der Waals surface area contributed by atoms with Crippen LogP contribution in [0.25, 0.3) is 11.1 Å². The van der Waals surface area contributed by atoms with E-state index in [2.05, 4.69) is 10.6 Å². The first-order chi connectivity index (χ1) is 17.2. The summed E-state index contributed by atoms with van der Waals surface area (Å²) in [5.74, 6) is -0.413. The molecule has 9 heteroatoms. The van der Waals surface area contributed by atoms with Gasteiger partial charge in [-0.25, -0.2) is 4.79 Å². The van der Waals surface area contributed by atoms with Crippen molar-refractivity contribution in [3.63, 3.8) is 0 Å². The number of carbonyl (C=O) groups excluding carboxylic acids is 2. The van der Waals surface area contributed by atoms with Crippen molar-refractivity contribution in [3.05, 3.63) is 75.7 Å². The van der Waals surface area contributed by atoms with Gasteiger partial charge in [-0.3, -0.25) is 9.59 Å². The number of ether oxygens (including phenoxy) is 2. The van der Waals surface area contributed by atoms with Crippen molar-refractivity contribution in [2.45, 2.75) is 33.2 Å². The average Bonchev–Trinajstić information content (AvgIpc) is 2.84. The molecule has 2 aromatic carbocycles. The number of aromatic hydroxyl groups is 1. The van der Waals surface area contributed by atoms with Crippen LogP contribution in [0.3, 0.4) is 0 Å². The van der Waals surface area contributed by atoms with Crippen molar-refractivity contribution in [2.24, 2.45) is 7.05 Å². The molecule has 0 aliphatic carbocycles. The van der Waals surface area contributed by atoms with Gasteiger partial charge in [0.15, 0.2) is 5.69 Å². The van der Waals surface area contributed by atoms with E-state index in [0.717, 1.165) is 22.3 Å². The first-order valence-corrected chi connectivity index (χ1v) is 11.5. The molecule has 36 heavy (non-hydrogen) atoms. The van der Waals surface area contributed by atoms with Gasteiger partial charge >= 0.3 is 12.0 Å². The summed E-state index contributed by atoms with van der Waals surface area (Å²) in [4.78, 5) is 37.8. The molecule has 0 saturated heterocycles. The van der Waals surface area contributed by atoms with Crippen LogP contribution in [0.1, 0.15) is 36.1 Å². The monoisotopic (exact) mass is 493 g/mol. The number of pyridine rings is 1. The third-order valence-corrected chi connectivity index (χ3v) is 5.84. The number of rotatable bonds is 8. The molecule has 1 heterocycles. The zero-order chi connectivity index (χ0) is 26.4. The lowest BCUT2D eigenvalue weighted by Crippen LogP contribution is -2.36. The lowest BCUT2D eigenvalue weighted by molar-refractivity contribution is -0.143. The minimum atomic E-state index is -0.849. The lowest BCUT2D eigenvalue weighted by atomic mass is 9.92. The highest BCUT2D eigenvalue weighted by molar-refractivity contribution is 5.91. The second kappa shape index (κ2) is 11.4. The predicted molar refractivity (Wildman–Crippen MR) is 137 cm³/mol. The number of anilines is 1. The molecule has 9 nitrogen and oxygen atoms in total. The van der Waals surface area contributed by atoms with Gasteiger partial charge in [-0.05, 0) is 61.2 Å². The third kappa shape index (κ3) is 5.86. The van der Waals surface area contributed by atoms with Gasteiger partial charge in [-0.2, -0.15) is 0 Å². The maximum atomic E-state index is 12.9. The number of amides is 2. The molecule has 1 aromatic heterocycles. The van der Waals surface area contributed by atoms with Gasteiger partial charge in [0, 0.05) is 18.8 Å². The Morgan fingerprint density at radius 2 is 1.81 bits per heavy atom. The molecular weight excluding hydrogens is 462 g/mol. The van der Waals surface area contributed by atoms with Gasteiger partial charge in [-0.1, -0.05) is 24.3 Å². The number of carbonyl (C=O) groups is 2. The number of nitrogens with one attached hydrogen (secondary N) is 2. The fraction of sp³-hybridized carbons (Fsp3) is 0.296. The maximum Gasteiger partial charge on any atom is 0.319 e. The predicted octanol–water partition coefficient (Wildman–Crippen LogP) is 4.20. The van der Waals surface area contributed by atoms with E-state index in [-0.39, 0.29) is 24.5 Å². The first kappa shape index (κ1) is 26.3. The Bertz CT molecular complexity index is 1310. The van der Waals surface area contributed by atoms with Crippen molar-refractivity contribution in [3.8, 4) is 22.6 Å². The number of methoxy groups -OCH3 is 1. The molecule has 1 atom stereocenters. The number of esters is 1. The van der Waals surface area contributed by atoms with E-state index >= 15 is 0 Å². The summed E-state index contributed by atoms with van der Waals surface area (Å²) >= 11 is 0. The quantitative estimate of drug-likeness (QED) is 0.405. The molecule has 0 spiro atoms. The number of nitrogens with zero attached hydrogens (tertiary/aromatic N) is 1. The number of aromatic nitrogens is 1. The highest BCUT2D eigenvalue weighted by Crippen LogP contribution is 2.35. The Morgan fingerprint density at radius 3 is 2.44 bits per heavy atom. The van der Waals surface area contributed by atoms with Gasteiger partial charge in [0.1, 0.15) is 11.5 Å². The number of hydrogen-bond acceptors (Lipinski definition) is 6. The summed E-state index contributed by atoms with van der Waals surface area (Å²) in [7, 11) is 3.00. The molecule has 0 radical (unpaired) electrons. The molecule has 2 amide bonds. The van der Waals surface area contributed by atoms with E-state index < -0.39 is 23.6 Å². The molecule has 3 aromatic rings. The molecule has 0 saturated carbocycles. The smallest absolute Gasteiger partial charge is 0.319 e. The van der Waals surface area contributed by atoms with Crippen LogP contribution < -0.4 is 20.9 Å². The summed E-state index contributed by atoms with van der Waals surface area (Å²) < 4.78 is 11.9. The summed E-state index contributed by atoms with van der Waals surface area (Å²) in [5, 5.41) is 15.2. The number of hydrogen-bond donors (Lipinski definition) is 3. The lowest BCUT2D eigenvalue weighted by Gasteiger charge is -2.22. The highest BCUT2D eigenvalue weighted by Gasteiger charge is 2.24. The third-order valence-electron chi connectivity index (χ3n) is 5.84. The summed E-state index contributed by atoms with van der Waals surface area (Å²) in [6.07, 6.45) is 1.21. The Balaban J connectivity index is 2.02. The molecule has 3 rings (SSSR count). The number of benzene rings is 2. The molecule has 0 aliphatic rings. The first-order valence-electron chi connectivity index (χ1n) is 11.5. The maximum absolute atomic E-state index is 12.9. The van der Waals surface area contributed by atoms with Crippen molar-refractivity contribution in [1.82, 2.24) is 9.88 Å². The van der Waals surface area contributed by atoms with Crippen LogP contribution in [0.15, 0.2) is 53.5 Å². The SMILES string of the molecule is CCOC(=O)C[C@H](NC(=O)Nc1c(O)ccn(C)c1=O)c1cc(-c2c(C)cccc2C)ccc1OC. The minimum Gasteiger partial charge on any atom is -0.505 e. The Hall–Kier alpha value is -4.27. The van der Waals surface area contributed by atoms with Crippen molar-refractivity contribution >= 4 is 17.7 Å². The van der Waals surface area contributed by atoms with Crippen LogP contribution in [0.2, 0.25) is 0 Å². The van der Waals surface area contributed by atoms with Crippen LogP contribution in [-0.4, -0.2) is 35.4 Å². The van der Waals surface area contributed by atoms with E-state index in [9.17, 15) is 19.5 Å². The second-order valence-electron chi connectivity index (χ2n) is 8.38. The molecule has 3 N–H and O–H groups in total. The van der Waals surface area contributed by atoms with Crippen molar-refractivity contribution in [2.75, 3.05) is 19.0 Å². The fourth-order valence-corrected chi connectivity index (χ4v) is 4.10. The topological polar surface area (TPSA) is 119 Å². The largest absolute Gasteiger partial charge is 0.505 e. The average molecular weight is 494 g/mol. The highest BCUT2D eigenvalue weighted by atomic mass is 16.5. The van der Waals surface area contributed by atoms with Gasteiger partial charge in [0.05, 0.1) is 26.2 Å². The Morgan fingerprint density at radius 1 is 1.11 bits per heavy atom. The van der Waals surface area contributed by atoms with Crippen molar-refractivity contribution < 1.29 is 24.2 Å². The van der Waals surface area contributed by atoms with E-state index in [0.29, 0.717) is 11.3 Å². The molecule has 0 aliphatic heterocycles. The van der Waals surface area contributed by atoms with E-state index in [1.54, 1.807) is 13.0 Å². The minimum absolute atomic E-state index is 0.174. The summed E-state index contributed by atoms with van der Waals surface area (Å²) in [6.45, 7) is 5.91. The van der Waals surface area contributed by atoms with Crippen LogP contribution in [0.5, 0.6) is 11.5 Å². The van der Waals surface area contributed by atoms with Crippen LogP contribution >= 0.6 is 0 Å². The Kier molecular flexibility index (Phi) is 8.37. The van der Waals surface area contributed by atoms with Gasteiger partial charge in [0.2, 0.25) is 0 Å². The number of aryl methyl sites for hydroxylation is 3. The van der Waals surface area contributed by atoms with Crippen LogP contribution in [0, 0.1) is 13.8 Å². The van der Waals surface area contributed by atoms with Gasteiger partial charge < -0.3 is 29.8 Å². The molecular formula is C27H31N3O6. The summed E-state index contributed by atoms with van der Waals surface area (Å²) in [6, 6.07) is 11.3. The molecule has 0 fully saturated rings. The van der Waals surface area contributed by atoms with Gasteiger partial charge in [0.25, 0.3) is 5.56 Å². The second-order valence-corrected chi connectivity index (χ2v) is 8.38. The zero-order valence-electron chi connectivity index (χ0n) is 21.0. The molecule has 0 bridgehead atoms. The molecule has 190 valence electrons. The van der Waals surface area contributed by atoms with Crippen molar-refractivity contribution in [1.29, 1.82) is 0 Å². The zero-order valence-corrected chi connectivity index (χ0v) is 21.0. The van der Waals surface area contributed by atoms with Crippen LogP contribution in [-0.2, 0) is 16.6 Å². The standard InChI is InChI=1S/C27H31N3O6/c1-6-36-23(32)15-20(28-27(34)29-25-21(31)12-13-30(4)26(25)33)19-14-18(10-11-22(19)35-5)24-16(2)8-7-9-17(24)3/h7-14,20,31H,6,15H2,1-5H3,(H2,28,29,34)/t20-/m0/s1. The van der Waals surface area contributed by atoms with Gasteiger partial charge in [-0.15, -0.1) is 0 Å². The molecule has 0 unspecified atom stereocenters. The number of urea groups is 1. The fourth-order valence-electron chi connectivity index (χ4n) is 4.10. The van der Waals surface area contributed by atoms with Crippen LogP contribution in [0.4, 0.5) is 10.5 Å². The van der Waals surface area contributed by atoms with E-state index in [1.165, 1.54) is 31.0 Å². The Labute approximate surface area is 209 Å². The summed E-state index contributed by atoms with van der Waals surface area (Å²) in [5.41, 5.74) is 3.80. The normalized spacial score (nSPS) is 11.5. The van der Waals surface area contributed by atoms with E-state index in [4.69, 9.17) is 9.47 Å². The van der Waals surface area contributed by atoms with E-state index in [1.807, 2.05) is 44.2 Å².